The van der Waals surface area contributed by atoms with Crippen molar-refractivity contribution < 1.29 is 9.59 Å². The van der Waals surface area contributed by atoms with Crippen LogP contribution < -0.4 is 10.6 Å². The Morgan fingerprint density at radius 2 is 1.67 bits per heavy atom. The molecule has 1 heterocycles. The number of carbonyl (C=O) groups excluding carboxylic acids is 2. The molecule has 6 heteroatoms. The van der Waals surface area contributed by atoms with Gasteiger partial charge in [-0.05, 0) is 50.1 Å². The molecule has 0 spiro atoms. The standard InChI is InChI=1S/C24H28N4O2/c1-4-5-15-28-18(3)23(17(2)27-28)26-24(30)20-11-13-21(14-12-20)25-22(29)16-19-9-7-6-8-10-19/h6-14H,4-5,15-16H2,1-3H3,(H,25,29)(H,26,30). The molecule has 0 radical (unpaired) electrons. The Balaban J connectivity index is 1.61. The number of aryl methyl sites for hydroxylation is 2. The molecule has 0 fully saturated rings. The minimum atomic E-state index is -0.196. The molecule has 0 atom stereocenters. The van der Waals surface area contributed by atoms with E-state index in [0.717, 1.165) is 42.0 Å². The Morgan fingerprint density at radius 3 is 2.33 bits per heavy atom. The number of aromatic nitrogens is 2. The van der Waals surface area contributed by atoms with Crippen LogP contribution in [-0.2, 0) is 17.8 Å². The second-order valence-corrected chi connectivity index (χ2v) is 7.36. The summed E-state index contributed by atoms with van der Waals surface area (Å²) in [6.45, 7) is 6.85. The molecular formula is C24H28N4O2. The summed E-state index contributed by atoms with van der Waals surface area (Å²) < 4.78 is 1.94. The zero-order chi connectivity index (χ0) is 21.5. The molecule has 30 heavy (non-hydrogen) atoms. The van der Waals surface area contributed by atoms with Crippen LogP contribution in [0.2, 0.25) is 0 Å². The number of rotatable bonds is 8. The number of anilines is 2. The van der Waals surface area contributed by atoms with Gasteiger partial charge in [-0.25, -0.2) is 0 Å². The van der Waals surface area contributed by atoms with Crippen molar-refractivity contribution in [3.63, 3.8) is 0 Å². The molecule has 0 aliphatic rings. The monoisotopic (exact) mass is 404 g/mol. The Bertz CT molecular complexity index is 1010. The summed E-state index contributed by atoms with van der Waals surface area (Å²) in [5, 5.41) is 10.4. The first kappa shape index (κ1) is 21.3. The summed E-state index contributed by atoms with van der Waals surface area (Å²) in [4.78, 5) is 24.9. The quantitative estimate of drug-likeness (QED) is 0.570. The van der Waals surface area contributed by atoms with Crippen LogP contribution in [-0.4, -0.2) is 21.6 Å². The van der Waals surface area contributed by atoms with E-state index in [2.05, 4.69) is 22.7 Å². The average molecular weight is 405 g/mol. The van der Waals surface area contributed by atoms with Crippen LogP contribution >= 0.6 is 0 Å². The molecule has 2 N–H and O–H groups in total. The SMILES string of the molecule is CCCCn1nc(C)c(NC(=O)c2ccc(NC(=O)Cc3ccccc3)cc2)c1C. The van der Waals surface area contributed by atoms with Crippen LogP contribution in [0.1, 0.15) is 47.1 Å². The fourth-order valence-corrected chi connectivity index (χ4v) is 3.28. The maximum atomic E-state index is 12.7. The highest BCUT2D eigenvalue weighted by Crippen LogP contribution is 2.21. The predicted molar refractivity (Wildman–Crippen MR) is 120 cm³/mol. The molecule has 2 aromatic carbocycles. The van der Waals surface area contributed by atoms with Crippen molar-refractivity contribution >= 4 is 23.2 Å². The van der Waals surface area contributed by atoms with Crippen LogP contribution in [0.3, 0.4) is 0 Å². The van der Waals surface area contributed by atoms with Gasteiger partial charge in [0.2, 0.25) is 5.91 Å². The predicted octanol–water partition coefficient (Wildman–Crippen LogP) is 4.73. The second-order valence-electron chi connectivity index (χ2n) is 7.36. The normalized spacial score (nSPS) is 10.6. The lowest BCUT2D eigenvalue weighted by Gasteiger charge is -2.09. The van der Waals surface area contributed by atoms with E-state index in [-0.39, 0.29) is 11.8 Å². The second kappa shape index (κ2) is 9.87. The number of carbonyl (C=O) groups is 2. The van der Waals surface area contributed by atoms with Crippen LogP contribution in [0.4, 0.5) is 11.4 Å². The molecule has 0 saturated heterocycles. The molecule has 2 amide bonds. The fraction of sp³-hybridized carbons (Fsp3) is 0.292. The van der Waals surface area contributed by atoms with E-state index in [1.54, 1.807) is 24.3 Å². The number of hydrogen-bond donors (Lipinski definition) is 2. The Kier molecular flexibility index (Phi) is 7.01. The number of nitrogens with zero attached hydrogens (tertiary/aromatic N) is 2. The summed E-state index contributed by atoms with van der Waals surface area (Å²) in [7, 11) is 0. The average Bonchev–Trinajstić information content (AvgIpc) is 3.00. The number of nitrogens with one attached hydrogen (secondary N) is 2. The van der Waals surface area contributed by atoms with Gasteiger partial charge in [0.15, 0.2) is 0 Å². The summed E-state index contributed by atoms with van der Waals surface area (Å²) in [6, 6.07) is 16.5. The first-order chi connectivity index (χ1) is 14.5. The molecule has 3 aromatic rings. The van der Waals surface area contributed by atoms with Gasteiger partial charge in [-0.1, -0.05) is 43.7 Å². The first-order valence-electron chi connectivity index (χ1n) is 10.3. The zero-order valence-electron chi connectivity index (χ0n) is 17.7. The van der Waals surface area contributed by atoms with E-state index in [9.17, 15) is 9.59 Å². The Hall–Kier alpha value is -3.41. The van der Waals surface area contributed by atoms with Crippen molar-refractivity contribution in [1.82, 2.24) is 9.78 Å². The summed E-state index contributed by atoms with van der Waals surface area (Å²) in [6.07, 6.45) is 2.45. The van der Waals surface area contributed by atoms with E-state index in [1.165, 1.54) is 0 Å². The number of benzene rings is 2. The molecule has 0 aliphatic carbocycles. The molecule has 6 nitrogen and oxygen atoms in total. The van der Waals surface area contributed by atoms with Gasteiger partial charge in [0.1, 0.15) is 0 Å². The lowest BCUT2D eigenvalue weighted by atomic mass is 10.1. The summed E-state index contributed by atoms with van der Waals surface area (Å²) in [5.74, 6) is -0.289. The largest absolute Gasteiger partial charge is 0.326 e. The summed E-state index contributed by atoms with van der Waals surface area (Å²) >= 11 is 0. The van der Waals surface area contributed by atoms with E-state index in [4.69, 9.17) is 0 Å². The molecule has 156 valence electrons. The van der Waals surface area contributed by atoms with Crippen LogP contribution in [0.5, 0.6) is 0 Å². The van der Waals surface area contributed by atoms with Gasteiger partial charge in [0, 0.05) is 17.8 Å². The van der Waals surface area contributed by atoms with E-state index in [1.807, 2.05) is 48.9 Å². The number of unbranched alkanes of at least 4 members (excludes halogenated alkanes) is 1. The Labute approximate surface area is 177 Å². The molecule has 0 bridgehead atoms. The summed E-state index contributed by atoms with van der Waals surface area (Å²) in [5.41, 5.74) is 4.66. The van der Waals surface area contributed by atoms with Crippen LogP contribution in [0, 0.1) is 13.8 Å². The fourth-order valence-electron chi connectivity index (χ4n) is 3.28. The number of hydrogen-bond acceptors (Lipinski definition) is 3. The van der Waals surface area contributed by atoms with Gasteiger partial charge >= 0.3 is 0 Å². The third-order valence-electron chi connectivity index (χ3n) is 4.98. The minimum Gasteiger partial charge on any atom is -0.326 e. The molecular weight excluding hydrogens is 376 g/mol. The zero-order valence-corrected chi connectivity index (χ0v) is 17.7. The van der Waals surface area contributed by atoms with E-state index < -0.39 is 0 Å². The van der Waals surface area contributed by atoms with Gasteiger partial charge in [0.05, 0.1) is 23.5 Å². The smallest absolute Gasteiger partial charge is 0.255 e. The number of amides is 2. The minimum absolute atomic E-state index is 0.0934. The lowest BCUT2D eigenvalue weighted by Crippen LogP contribution is -2.15. The molecule has 0 aliphatic heterocycles. The molecule has 0 saturated carbocycles. The third-order valence-corrected chi connectivity index (χ3v) is 4.98. The van der Waals surface area contributed by atoms with Gasteiger partial charge < -0.3 is 10.6 Å². The molecule has 0 unspecified atom stereocenters. The van der Waals surface area contributed by atoms with Gasteiger partial charge in [-0.2, -0.15) is 5.10 Å². The van der Waals surface area contributed by atoms with E-state index in [0.29, 0.717) is 17.7 Å². The van der Waals surface area contributed by atoms with Crippen LogP contribution in [0.15, 0.2) is 54.6 Å². The van der Waals surface area contributed by atoms with Gasteiger partial charge in [0.25, 0.3) is 5.91 Å². The van der Waals surface area contributed by atoms with E-state index >= 15 is 0 Å². The maximum absolute atomic E-state index is 12.7. The molecule has 1 aromatic heterocycles. The van der Waals surface area contributed by atoms with Crippen molar-refractivity contribution in [2.75, 3.05) is 10.6 Å². The molecule has 3 rings (SSSR count). The lowest BCUT2D eigenvalue weighted by molar-refractivity contribution is -0.115. The van der Waals surface area contributed by atoms with Crippen molar-refractivity contribution in [2.45, 2.75) is 46.6 Å². The van der Waals surface area contributed by atoms with Crippen molar-refractivity contribution in [1.29, 1.82) is 0 Å². The maximum Gasteiger partial charge on any atom is 0.255 e. The highest BCUT2D eigenvalue weighted by molar-refractivity contribution is 6.05. The highest BCUT2D eigenvalue weighted by atomic mass is 16.2. The van der Waals surface area contributed by atoms with Crippen molar-refractivity contribution in [3.8, 4) is 0 Å². The van der Waals surface area contributed by atoms with Crippen molar-refractivity contribution in [2.24, 2.45) is 0 Å². The first-order valence-corrected chi connectivity index (χ1v) is 10.3. The van der Waals surface area contributed by atoms with Gasteiger partial charge in [-0.15, -0.1) is 0 Å². The highest BCUT2D eigenvalue weighted by Gasteiger charge is 2.15. The Morgan fingerprint density at radius 1 is 0.967 bits per heavy atom. The van der Waals surface area contributed by atoms with Crippen molar-refractivity contribution in [3.05, 3.63) is 77.1 Å². The topological polar surface area (TPSA) is 76.0 Å². The van der Waals surface area contributed by atoms with Crippen LogP contribution in [0.25, 0.3) is 0 Å². The third kappa shape index (κ3) is 5.35. The van der Waals surface area contributed by atoms with Gasteiger partial charge in [-0.3, -0.25) is 14.3 Å².